The fraction of sp³-hybridized carbons (Fsp3) is 0.350. The molecule has 6 nitrogen and oxygen atoms in total. The van der Waals surface area contributed by atoms with E-state index in [1.54, 1.807) is 42.5 Å². The van der Waals surface area contributed by atoms with Crippen LogP contribution in [0.1, 0.15) is 26.7 Å². The van der Waals surface area contributed by atoms with E-state index in [9.17, 15) is 13.2 Å². The monoisotopic (exact) mass is 424 g/mol. The molecule has 0 aliphatic rings. The van der Waals surface area contributed by atoms with Crippen LogP contribution in [0.25, 0.3) is 0 Å². The summed E-state index contributed by atoms with van der Waals surface area (Å²) in [6, 6.07) is 13.8. The molecule has 0 atom stereocenters. The molecule has 0 bridgehead atoms. The molecule has 0 aliphatic carbocycles. The third-order valence-electron chi connectivity index (χ3n) is 3.75. The van der Waals surface area contributed by atoms with Gasteiger partial charge in [0.05, 0.1) is 18.0 Å². The second-order valence-corrected chi connectivity index (χ2v) is 9.00. The van der Waals surface area contributed by atoms with Gasteiger partial charge in [-0.15, -0.1) is 0 Å². The van der Waals surface area contributed by atoms with Crippen molar-refractivity contribution in [3.63, 3.8) is 0 Å². The van der Waals surface area contributed by atoms with Crippen molar-refractivity contribution in [1.82, 2.24) is 0 Å². The molecule has 0 unspecified atom stereocenters. The van der Waals surface area contributed by atoms with Crippen molar-refractivity contribution in [3.8, 4) is 5.75 Å². The average molecular weight is 425 g/mol. The number of nitrogens with one attached hydrogen (secondary N) is 1. The van der Waals surface area contributed by atoms with Gasteiger partial charge in [0.15, 0.2) is 0 Å². The molecule has 0 aliphatic heterocycles. The third kappa shape index (κ3) is 7.05. The van der Waals surface area contributed by atoms with Crippen LogP contribution in [0.15, 0.2) is 48.5 Å². The molecule has 0 heterocycles. The van der Waals surface area contributed by atoms with Crippen LogP contribution in [0, 0.1) is 0 Å². The molecule has 0 spiro atoms. The number of rotatable bonds is 9. The van der Waals surface area contributed by atoms with Gasteiger partial charge in [-0.3, -0.25) is 9.10 Å². The summed E-state index contributed by atoms with van der Waals surface area (Å²) in [4.78, 5) is 12.2. The summed E-state index contributed by atoms with van der Waals surface area (Å²) in [5, 5.41) is 3.26. The lowest BCUT2D eigenvalue weighted by molar-refractivity contribution is -0.116. The topological polar surface area (TPSA) is 75.7 Å². The number of halogens is 1. The van der Waals surface area contributed by atoms with Crippen molar-refractivity contribution < 1.29 is 17.9 Å². The van der Waals surface area contributed by atoms with E-state index >= 15 is 0 Å². The highest BCUT2D eigenvalue weighted by Crippen LogP contribution is 2.23. The van der Waals surface area contributed by atoms with Crippen molar-refractivity contribution in [3.05, 3.63) is 53.6 Å². The molecule has 2 aromatic carbocycles. The third-order valence-corrected chi connectivity index (χ3v) is 5.18. The van der Waals surface area contributed by atoms with E-state index in [1.807, 2.05) is 19.9 Å². The summed E-state index contributed by atoms with van der Waals surface area (Å²) in [5.74, 6) is 0.484. The van der Waals surface area contributed by atoms with E-state index in [0.29, 0.717) is 28.6 Å². The molecule has 2 aromatic rings. The Bertz CT molecular complexity index is 916. The summed E-state index contributed by atoms with van der Waals surface area (Å²) in [6.45, 7) is 4.04. The quantitative estimate of drug-likeness (QED) is 0.650. The van der Waals surface area contributed by atoms with E-state index in [2.05, 4.69) is 5.32 Å². The number of anilines is 2. The Labute approximate surface area is 171 Å². The second-order valence-electron chi connectivity index (χ2n) is 6.66. The molecule has 28 heavy (non-hydrogen) atoms. The highest BCUT2D eigenvalue weighted by Gasteiger charge is 2.18. The largest absolute Gasteiger partial charge is 0.491 e. The number of benzene rings is 2. The maximum atomic E-state index is 12.2. The average Bonchev–Trinajstić information content (AvgIpc) is 2.57. The zero-order valence-corrected chi connectivity index (χ0v) is 17.8. The van der Waals surface area contributed by atoms with Gasteiger partial charge < -0.3 is 10.1 Å². The molecular formula is C20H25ClN2O4S. The highest BCUT2D eigenvalue weighted by atomic mass is 35.5. The van der Waals surface area contributed by atoms with Crippen molar-refractivity contribution in [2.24, 2.45) is 0 Å². The summed E-state index contributed by atoms with van der Waals surface area (Å²) >= 11 is 5.96. The summed E-state index contributed by atoms with van der Waals surface area (Å²) in [7, 11) is -3.48. The van der Waals surface area contributed by atoms with E-state index in [1.165, 1.54) is 4.31 Å². The standard InChI is InChI=1S/C20H25ClN2O4S/c1-15(2)27-19-10-5-8-17(14-19)22-20(24)11-6-12-23(28(3,25)26)18-9-4-7-16(21)13-18/h4-5,7-10,13-15H,6,11-12H2,1-3H3,(H,22,24). The van der Waals surface area contributed by atoms with Crippen molar-refractivity contribution >= 4 is 38.9 Å². The van der Waals surface area contributed by atoms with Crippen molar-refractivity contribution in [1.29, 1.82) is 0 Å². The van der Waals surface area contributed by atoms with Crippen LogP contribution in [0.2, 0.25) is 5.02 Å². The Morgan fingerprint density at radius 2 is 1.89 bits per heavy atom. The van der Waals surface area contributed by atoms with E-state index in [0.717, 1.165) is 6.26 Å². The normalized spacial score (nSPS) is 11.3. The van der Waals surface area contributed by atoms with Gasteiger partial charge in [-0.2, -0.15) is 0 Å². The Morgan fingerprint density at radius 3 is 2.54 bits per heavy atom. The van der Waals surface area contributed by atoms with E-state index < -0.39 is 10.0 Å². The van der Waals surface area contributed by atoms with Crippen LogP contribution >= 0.6 is 11.6 Å². The van der Waals surface area contributed by atoms with Crippen molar-refractivity contribution in [2.75, 3.05) is 22.4 Å². The lowest BCUT2D eigenvalue weighted by Crippen LogP contribution is -2.31. The molecule has 0 saturated carbocycles. The van der Waals surface area contributed by atoms with Crippen LogP contribution < -0.4 is 14.4 Å². The number of amides is 1. The van der Waals surface area contributed by atoms with Gasteiger partial charge in [-0.1, -0.05) is 23.7 Å². The molecule has 0 fully saturated rings. The van der Waals surface area contributed by atoms with Gasteiger partial charge in [0, 0.05) is 29.7 Å². The number of nitrogens with zero attached hydrogens (tertiary/aromatic N) is 1. The van der Waals surface area contributed by atoms with Gasteiger partial charge in [0.1, 0.15) is 5.75 Å². The van der Waals surface area contributed by atoms with E-state index in [-0.39, 0.29) is 25.0 Å². The number of hydrogen-bond donors (Lipinski definition) is 1. The molecule has 8 heteroatoms. The summed E-state index contributed by atoms with van der Waals surface area (Å²) in [6.07, 6.45) is 1.73. The molecule has 2 rings (SSSR count). The Morgan fingerprint density at radius 1 is 1.18 bits per heavy atom. The first kappa shape index (κ1) is 22.0. The SMILES string of the molecule is CC(C)Oc1cccc(NC(=O)CCCN(c2cccc(Cl)c2)S(C)(=O)=O)c1. The molecule has 0 aromatic heterocycles. The number of sulfonamides is 1. The highest BCUT2D eigenvalue weighted by molar-refractivity contribution is 7.92. The lowest BCUT2D eigenvalue weighted by atomic mass is 10.2. The number of carbonyl (C=O) groups is 1. The van der Waals surface area contributed by atoms with E-state index in [4.69, 9.17) is 16.3 Å². The fourth-order valence-electron chi connectivity index (χ4n) is 2.64. The number of hydrogen-bond acceptors (Lipinski definition) is 4. The zero-order valence-electron chi connectivity index (χ0n) is 16.2. The first-order chi connectivity index (χ1) is 13.1. The maximum absolute atomic E-state index is 12.2. The number of carbonyl (C=O) groups excluding carboxylic acids is 1. The smallest absolute Gasteiger partial charge is 0.232 e. The van der Waals surface area contributed by atoms with Crippen LogP contribution in [0.4, 0.5) is 11.4 Å². The Kier molecular flexibility index (Phi) is 7.71. The minimum Gasteiger partial charge on any atom is -0.491 e. The zero-order chi connectivity index (χ0) is 20.7. The summed E-state index contributed by atoms with van der Waals surface area (Å²) < 4.78 is 31.1. The predicted molar refractivity (Wildman–Crippen MR) is 114 cm³/mol. The predicted octanol–water partition coefficient (Wildman–Crippen LogP) is 4.31. The van der Waals surface area contributed by atoms with Crippen LogP contribution in [0.3, 0.4) is 0 Å². The molecule has 152 valence electrons. The van der Waals surface area contributed by atoms with Gasteiger partial charge in [0.2, 0.25) is 15.9 Å². The molecule has 1 amide bonds. The van der Waals surface area contributed by atoms with Gasteiger partial charge >= 0.3 is 0 Å². The van der Waals surface area contributed by atoms with Crippen LogP contribution in [0.5, 0.6) is 5.75 Å². The molecule has 1 N–H and O–H groups in total. The maximum Gasteiger partial charge on any atom is 0.232 e. The second kappa shape index (κ2) is 9.80. The first-order valence-electron chi connectivity index (χ1n) is 8.95. The summed E-state index contributed by atoms with van der Waals surface area (Å²) in [5.41, 5.74) is 1.12. The van der Waals surface area contributed by atoms with Gasteiger partial charge in [0.25, 0.3) is 0 Å². The van der Waals surface area contributed by atoms with Gasteiger partial charge in [-0.05, 0) is 50.6 Å². The lowest BCUT2D eigenvalue weighted by Gasteiger charge is -2.22. The molecule has 0 radical (unpaired) electrons. The minimum absolute atomic E-state index is 0.0411. The van der Waals surface area contributed by atoms with Gasteiger partial charge in [-0.25, -0.2) is 8.42 Å². The number of ether oxygens (including phenoxy) is 1. The first-order valence-corrected chi connectivity index (χ1v) is 11.2. The Hall–Kier alpha value is -2.25. The molecule has 0 saturated heterocycles. The Balaban J connectivity index is 1.94. The van der Waals surface area contributed by atoms with Crippen molar-refractivity contribution in [2.45, 2.75) is 32.8 Å². The minimum atomic E-state index is -3.48. The van der Waals surface area contributed by atoms with Crippen LogP contribution in [-0.2, 0) is 14.8 Å². The fourth-order valence-corrected chi connectivity index (χ4v) is 3.79. The molecular weight excluding hydrogens is 400 g/mol. The van der Waals surface area contributed by atoms with Crippen LogP contribution in [-0.4, -0.2) is 33.2 Å².